The molecule has 0 N–H and O–H groups in total. The Hall–Kier alpha value is -6.19. The van der Waals surface area contributed by atoms with Gasteiger partial charge in [-0.15, -0.1) is 0 Å². The normalized spacial score (nSPS) is 11.8. The van der Waals surface area contributed by atoms with E-state index in [4.69, 9.17) is 15.0 Å². The first-order chi connectivity index (χ1) is 24.4. The molecule has 242 valence electrons. The third kappa shape index (κ3) is 6.99. The molecule has 0 atom stereocenters. The average molecular weight is 646 g/mol. The van der Waals surface area contributed by atoms with Crippen LogP contribution in [0.25, 0.3) is 44.5 Å². The van der Waals surface area contributed by atoms with Gasteiger partial charge < -0.3 is 0 Å². The van der Waals surface area contributed by atoms with E-state index in [2.05, 4.69) is 135 Å². The second kappa shape index (κ2) is 14.5. The third-order valence-electron chi connectivity index (χ3n) is 8.90. The van der Waals surface area contributed by atoms with Gasteiger partial charge in [0.1, 0.15) is 0 Å². The Labute approximate surface area is 295 Å². The molecule has 0 amide bonds. The average Bonchev–Trinajstić information content (AvgIpc) is 3.17. The van der Waals surface area contributed by atoms with Gasteiger partial charge in [0.15, 0.2) is 0 Å². The minimum Gasteiger partial charge on any atom is -0.250 e. The van der Waals surface area contributed by atoms with E-state index in [0.29, 0.717) is 0 Å². The summed E-state index contributed by atoms with van der Waals surface area (Å²) in [5.41, 5.74) is 16.4. The lowest BCUT2D eigenvalue weighted by molar-refractivity contribution is 1.24. The second-order valence-corrected chi connectivity index (χ2v) is 12.7. The Morgan fingerprint density at radius 1 is 0.380 bits per heavy atom. The summed E-state index contributed by atoms with van der Waals surface area (Å²) in [6.45, 7) is 8.38. The topological polar surface area (TPSA) is 37.6 Å². The fourth-order valence-corrected chi connectivity index (χ4v) is 6.44. The number of nitrogens with zero attached hydrogens (tertiary/aromatic N) is 3. The van der Waals surface area contributed by atoms with Crippen molar-refractivity contribution >= 4 is 22.8 Å². The van der Waals surface area contributed by atoms with Crippen molar-refractivity contribution in [1.82, 2.24) is 4.98 Å². The molecule has 0 aliphatic heterocycles. The summed E-state index contributed by atoms with van der Waals surface area (Å²) in [6.07, 6.45) is 0. The van der Waals surface area contributed by atoms with Crippen molar-refractivity contribution < 1.29 is 0 Å². The van der Waals surface area contributed by atoms with Gasteiger partial charge in [0, 0.05) is 22.3 Å². The number of benzene rings is 6. The summed E-state index contributed by atoms with van der Waals surface area (Å²) in [7, 11) is 0. The van der Waals surface area contributed by atoms with E-state index in [1.54, 1.807) is 0 Å². The summed E-state index contributed by atoms with van der Waals surface area (Å²) in [5.74, 6) is 0. The van der Waals surface area contributed by atoms with Gasteiger partial charge in [-0.1, -0.05) is 127 Å². The van der Waals surface area contributed by atoms with Crippen LogP contribution in [0.5, 0.6) is 0 Å². The molecule has 1 heterocycles. The minimum absolute atomic E-state index is 0.811. The fraction of sp³-hybridized carbons (Fsp3) is 0.0851. The predicted octanol–water partition coefficient (Wildman–Crippen LogP) is 12.6. The lowest BCUT2D eigenvalue weighted by atomic mass is 9.93. The smallest absolute Gasteiger partial charge is 0.0849 e. The zero-order valence-corrected chi connectivity index (χ0v) is 28.9. The van der Waals surface area contributed by atoms with Crippen molar-refractivity contribution in [3.63, 3.8) is 0 Å². The Kier molecular flexibility index (Phi) is 9.39. The quantitative estimate of drug-likeness (QED) is 0.152. The van der Waals surface area contributed by atoms with E-state index in [9.17, 15) is 0 Å². The van der Waals surface area contributed by atoms with Gasteiger partial charge in [0.25, 0.3) is 0 Å². The molecule has 0 saturated heterocycles. The SMILES string of the molecule is CC(=Nc1c(-c2ccccc2)cc(C)cc1-c1ccccc1)c1cccc(C(C)=Nc2c(-c3ccccc3)cc(C)cc2-c2ccccc2)n1. The fourth-order valence-electron chi connectivity index (χ4n) is 6.44. The Balaban J connectivity index is 1.35. The van der Waals surface area contributed by atoms with Crippen LogP contribution in [0.4, 0.5) is 11.4 Å². The lowest BCUT2D eigenvalue weighted by Gasteiger charge is -2.16. The van der Waals surface area contributed by atoms with Crippen LogP contribution in [0.2, 0.25) is 0 Å². The van der Waals surface area contributed by atoms with E-state index in [-0.39, 0.29) is 0 Å². The van der Waals surface area contributed by atoms with Crippen LogP contribution in [0.1, 0.15) is 36.4 Å². The van der Waals surface area contributed by atoms with Gasteiger partial charge in [-0.05, 0) is 97.5 Å². The first kappa shape index (κ1) is 32.4. The largest absolute Gasteiger partial charge is 0.250 e. The number of aryl methyl sites for hydroxylation is 2. The van der Waals surface area contributed by atoms with Gasteiger partial charge in [-0.25, -0.2) is 4.98 Å². The number of aliphatic imine (C=N–C) groups is 2. The highest BCUT2D eigenvalue weighted by Gasteiger charge is 2.16. The van der Waals surface area contributed by atoms with E-state index >= 15 is 0 Å². The zero-order chi connectivity index (χ0) is 34.5. The highest BCUT2D eigenvalue weighted by atomic mass is 14.8. The molecule has 3 heteroatoms. The van der Waals surface area contributed by atoms with Crippen LogP contribution < -0.4 is 0 Å². The molecule has 3 nitrogen and oxygen atoms in total. The summed E-state index contributed by atoms with van der Waals surface area (Å²) in [6, 6.07) is 57.0. The van der Waals surface area contributed by atoms with Crippen LogP contribution in [0, 0.1) is 13.8 Å². The van der Waals surface area contributed by atoms with Crippen molar-refractivity contribution in [2.75, 3.05) is 0 Å². The number of rotatable bonds is 8. The van der Waals surface area contributed by atoms with Gasteiger partial charge in [0.2, 0.25) is 0 Å². The maximum absolute atomic E-state index is 5.34. The van der Waals surface area contributed by atoms with Crippen molar-refractivity contribution in [1.29, 1.82) is 0 Å². The van der Waals surface area contributed by atoms with Crippen molar-refractivity contribution in [2.24, 2.45) is 9.98 Å². The first-order valence-corrected chi connectivity index (χ1v) is 17.0. The van der Waals surface area contributed by atoms with Gasteiger partial charge in [0.05, 0.1) is 34.2 Å². The predicted molar refractivity (Wildman–Crippen MR) is 212 cm³/mol. The highest BCUT2D eigenvalue weighted by molar-refractivity contribution is 6.05. The van der Waals surface area contributed by atoms with E-state index < -0.39 is 0 Å². The molecule has 7 aromatic rings. The summed E-state index contributed by atoms with van der Waals surface area (Å²) < 4.78 is 0. The lowest BCUT2D eigenvalue weighted by Crippen LogP contribution is -2.05. The molecule has 0 aliphatic carbocycles. The molecule has 50 heavy (non-hydrogen) atoms. The Morgan fingerprint density at radius 2 is 0.660 bits per heavy atom. The van der Waals surface area contributed by atoms with Gasteiger partial charge in [-0.3, -0.25) is 9.98 Å². The van der Waals surface area contributed by atoms with Crippen LogP contribution in [0.3, 0.4) is 0 Å². The van der Waals surface area contributed by atoms with Crippen molar-refractivity contribution in [3.8, 4) is 44.5 Å². The van der Waals surface area contributed by atoms with E-state index in [1.165, 1.54) is 11.1 Å². The molecule has 6 aromatic carbocycles. The van der Waals surface area contributed by atoms with Crippen LogP contribution in [-0.4, -0.2) is 16.4 Å². The molecule has 0 spiro atoms. The monoisotopic (exact) mass is 645 g/mol. The number of pyridine rings is 1. The minimum atomic E-state index is 0.811. The van der Waals surface area contributed by atoms with Crippen molar-refractivity contribution in [3.05, 3.63) is 186 Å². The molecular weight excluding hydrogens is 607 g/mol. The second-order valence-electron chi connectivity index (χ2n) is 12.7. The molecular formula is C47H39N3. The first-order valence-electron chi connectivity index (χ1n) is 17.0. The summed E-state index contributed by atoms with van der Waals surface area (Å²) in [5, 5.41) is 0. The standard InChI is InChI=1S/C47H39N3/c1-32-28-40(36-18-9-5-10-19-36)46(41(29-32)37-20-11-6-12-21-37)48-34(3)44-26-17-27-45(50-44)35(4)49-47-42(38-22-13-7-14-23-38)30-33(2)31-43(47)39-24-15-8-16-25-39/h5-31H,1-4H3. The van der Waals surface area contributed by atoms with Gasteiger partial charge >= 0.3 is 0 Å². The summed E-state index contributed by atoms with van der Waals surface area (Å²) >= 11 is 0. The maximum Gasteiger partial charge on any atom is 0.0849 e. The number of hydrogen-bond acceptors (Lipinski definition) is 3. The maximum atomic E-state index is 5.34. The molecule has 1 aromatic heterocycles. The molecule has 0 aliphatic rings. The van der Waals surface area contributed by atoms with E-state index in [0.717, 1.165) is 78.7 Å². The molecule has 0 fully saturated rings. The van der Waals surface area contributed by atoms with Crippen LogP contribution >= 0.6 is 0 Å². The molecule has 0 bridgehead atoms. The molecule has 7 rings (SSSR count). The van der Waals surface area contributed by atoms with E-state index in [1.807, 2.05) is 56.3 Å². The zero-order valence-electron chi connectivity index (χ0n) is 28.9. The number of hydrogen-bond donors (Lipinski definition) is 0. The van der Waals surface area contributed by atoms with Crippen LogP contribution in [0.15, 0.2) is 174 Å². The van der Waals surface area contributed by atoms with Gasteiger partial charge in [-0.2, -0.15) is 0 Å². The Morgan fingerprint density at radius 3 is 0.940 bits per heavy atom. The third-order valence-corrected chi connectivity index (χ3v) is 8.90. The highest BCUT2D eigenvalue weighted by Crippen LogP contribution is 2.42. The summed E-state index contributed by atoms with van der Waals surface area (Å²) in [4.78, 5) is 15.8. The van der Waals surface area contributed by atoms with Crippen molar-refractivity contribution in [2.45, 2.75) is 27.7 Å². The molecule has 0 unspecified atom stereocenters. The molecule has 0 saturated carbocycles. The molecule has 0 radical (unpaired) electrons. The number of aromatic nitrogens is 1. The Bertz CT molecular complexity index is 2040. The van der Waals surface area contributed by atoms with Crippen LogP contribution in [-0.2, 0) is 0 Å².